The van der Waals surface area contributed by atoms with Crippen LogP contribution in [0.15, 0.2) is 23.6 Å². The van der Waals surface area contributed by atoms with Crippen LogP contribution in [-0.2, 0) is 6.42 Å². The van der Waals surface area contributed by atoms with Gasteiger partial charge in [-0.05, 0) is 34.9 Å². The van der Waals surface area contributed by atoms with Crippen LogP contribution < -0.4 is 0 Å². The summed E-state index contributed by atoms with van der Waals surface area (Å²) in [6.45, 7) is 2.09. The Morgan fingerprint density at radius 3 is 3.00 bits per heavy atom. The molecule has 0 bridgehead atoms. The molecular formula is C11H9NS. The molecule has 2 aromatic rings. The summed E-state index contributed by atoms with van der Waals surface area (Å²) >= 11 is 1.74. The number of aryl methyl sites for hydroxylation is 1. The molecule has 0 N–H and O–H groups in total. The zero-order valence-corrected chi connectivity index (χ0v) is 8.19. The van der Waals surface area contributed by atoms with Crippen LogP contribution in [0.25, 0.3) is 10.1 Å². The number of nitrogens with zero attached hydrogens (tertiary/aromatic N) is 1. The van der Waals surface area contributed by atoms with Crippen LogP contribution in [0.3, 0.4) is 0 Å². The van der Waals surface area contributed by atoms with Crippen molar-refractivity contribution < 1.29 is 0 Å². The predicted molar refractivity (Wildman–Crippen MR) is 55.9 cm³/mol. The predicted octanol–water partition coefficient (Wildman–Crippen LogP) is 3.28. The van der Waals surface area contributed by atoms with Gasteiger partial charge in [-0.1, -0.05) is 12.1 Å². The Bertz CT molecular complexity index is 476. The van der Waals surface area contributed by atoms with Gasteiger partial charge in [0.25, 0.3) is 0 Å². The third-order valence-electron chi connectivity index (χ3n) is 2.25. The lowest BCUT2D eigenvalue weighted by Gasteiger charge is -2.01. The molecule has 0 aliphatic rings. The first-order valence-corrected chi connectivity index (χ1v) is 5.03. The quantitative estimate of drug-likeness (QED) is 0.672. The average molecular weight is 187 g/mol. The fourth-order valence-corrected chi connectivity index (χ4v) is 2.42. The van der Waals surface area contributed by atoms with Crippen molar-refractivity contribution in [3.05, 3.63) is 34.7 Å². The summed E-state index contributed by atoms with van der Waals surface area (Å²) in [6, 6.07) is 8.44. The van der Waals surface area contributed by atoms with Crippen molar-refractivity contribution in [2.75, 3.05) is 0 Å². The minimum absolute atomic E-state index is 0.514. The Hall–Kier alpha value is -1.33. The highest BCUT2D eigenvalue weighted by atomic mass is 32.1. The topological polar surface area (TPSA) is 23.8 Å². The largest absolute Gasteiger partial charge is 0.198 e. The van der Waals surface area contributed by atoms with Crippen LogP contribution in [0.2, 0.25) is 0 Å². The first kappa shape index (κ1) is 8.28. The Morgan fingerprint density at radius 1 is 1.38 bits per heavy atom. The zero-order chi connectivity index (χ0) is 9.26. The lowest BCUT2D eigenvalue weighted by Crippen LogP contribution is -1.86. The SMILES string of the molecule is Cc1c(CC#N)ccc2ccsc12. The molecule has 1 heterocycles. The van der Waals surface area contributed by atoms with E-state index >= 15 is 0 Å². The van der Waals surface area contributed by atoms with Gasteiger partial charge >= 0.3 is 0 Å². The second kappa shape index (κ2) is 3.20. The average Bonchev–Trinajstić information content (AvgIpc) is 2.58. The molecule has 0 saturated heterocycles. The molecule has 2 rings (SSSR count). The molecule has 0 radical (unpaired) electrons. The Balaban J connectivity index is 2.67. The smallest absolute Gasteiger partial charge is 0.0669 e. The number of fused-ring (bicyclic) bond motifs is 1. The first-order chi connectivity index (χ1) is 6.33. The molecule has 0 aliphatic heterocycles. The van der Waals surface area contributed by atoms with E-state index in [0.29, 0.717) is 6.42 Å². The summed E-state index contributed by atoms with van der Waals surface area (Å²) in [5, 5.41) is 12.0. The van der Waals surface area contributed by atoms with E-state index in [1.54, 1.807) is 11.3 Å². The highest BCUT2D eigenvalue weighted by Gasteiger charge is 2.03. The minimum atomic E-state index is 0.514. The molecule has 0 amide bonds. The molecule has 64 valence electrons. The summed E-state index contributed by atoms with van der Waals surface area (Å²) in [5.74, 6) is 0. The number of rotatable bonds is 1. The highest BCUT2D eigenvalue weighted by molar-refractivity contribution is 7.17. The van der Waals surface area contributed by atoms with Gasteiger partial charge in [0.2, 0.25) is 0 Å². The van der Waals surface area contributed by atoms with Crippen LogP contribution in [0.1, 0.15) is 11.1 Å². The molecule has 1 aromatic carbocycles. The standard InChI is InChI=1S/C11H9NS/c1-8-9(4-6-12)2-3-10-5-7-13-11(8)10/h2-3,5,7H,4H2,1H3. The van der Waals surface area contributed by atoms with E-state index in [4.69, 9.17) is 5.26 Å². The third-order valence-corrected chi connectivity index (χ3v) is 3.30. The molecule has 1 nitrogen and oxygen atoms in total. The summed E-state index contributed by atoms with van der Waals surface area (Å²) in [5.41, 5.74) is 2.41. The number of benzene rings is 1. The van der Waals surface area contributed by atoms with E-state index in [0.717, 1.165) is 5.56 Å². The van der Waals surface area contributed by atoms with Crippen LogP contribution in [0, 0.1) is 18.3 Å². The monoisotopic (exact) mass is 187 g/mol. The van der Waals surface area contributed by atoms with E-state index in [9.17, 15) is 0 Å². The van der Waals surface area contributed by atoms with Crippen molar-refractivity contribution in [2.45, 2.75) is 13.3 Å². The summed E-state index contributed by atoms with van der Waals surface area (Å²) in [6.07, 6.45) is 0.514. The molecule has 2 heteroatoms. The summed E-state index contributed by atoms with van der Waals surface area (Å²) in [4.78, 5) is 0. The van der Waals surface area contributed by atoms with E-state index in [2.05, 4.69) is 30.5 Å². The van der Waals surface area contributed by atoms with Gasteiger partial charge in [-0.25, -0.2) is 0 Å². The zero-order valence-electron chi connectivity index (χ0n) is 7.37. The molecule has 0 saturated carbocycles. The minimum Gasteiger partial charge on any atom is -0.198 e. The van der Waals surface area contributed by atoms with Gasteiger partial charge in [0.1, 0.15) is 0 Å². The Labute approximate surface area is 81.2 Å². The fraction of sp³-hybridized carbons (Fsp3) is 0.182. The second-order valence-electron chi connectivity index (χ2n) is 3.02. The molecular weight excluding hydrogens is 178 g/mol. The number of thiophene rings is 1. The van der Waals surface area contributed by atoms with E-state index in [1.165, 1.54) is 15.6 Å². The van der Waals surface area contributed by atoms with E-state index < -0.39 is 0 Å². The van der Waals surface area contributed by atoms with Crippen molar-refractivity contribution >= 4 is 21.4 Å². The first-order valence-electron chi connectivity index (χ1n) is 4.15. The molecule has 0 spiro atoms. The molecule has 0 atom stereocenters. The van der Waals surface area contributed by atoms with Crippen molar-refractivity contribution in [3.63, 3.8) is 0 Å². The number of nitriles is 1. The highest BCUT2D eigenvalue weighted by Crippen LogP contribution is 2.26. The molecule has 1 aromatic heterocycles. The Kier molecular flexibility index (Phi) is 2.03. The van der Waals surface area contributed by atoms with Gasteiger partial charge in [0, 0.05) is 4.70 Å². The lowest BCUT2D eigenvalue weighted by atomic mass is 10.0. The molecule has 0 fully saturated rings. The Morgan fingerprint density at radius 2 is 2.23 bits per heavy atom. The van der Waals surface area contributed by atoms with Gasteiger partial charge in [0.05, 0.1) is 12.5 Å². The summed E-state index contributed by atoms with van der Waals surface area (Å²) < 4.78 is 1.31. The van der Waals surface area contributed by atoms with Crippen molar-refractivity contribution in [2.24, 2.45) is 0 Å². The number of hydrogen-bond acceptors (Lipinski definition) is 2. The maximum absolute atomic E-state index is 8.62. The third kappa shape index (κ3) is 1.32. The van der Waals surface area contributed by atoms with Crippen LogP contribution >= 0.6 is 11.3 Å². The van der Waals surface area contributed by atoms with Crippen LogP contribution in [-0.4, -0.2) is 0 Å². The van der Waals surface area contributed by atoms with Crippen molar-refractivity contribution in [3.8, 4) is 6.07 Å². The van der Waals surface area contributed by atoms with Crippen molar-refractivity contribution in [1.82, 2.24) is 0 Å². The van der Waals surface area contributed by atoms with Gasteiger partial charge in [-0.15, -0.1) is 11.3 Å². The summed E-state index contributed by atoms with van der Waals surface area (Å²) in [7, 11) is 0. The second-order valence-corrected chi connectivity index (χ2v) is 3.94. The molecule has 13 heavy (non-hydrogen) atoms. The van der Waals surface area contributed by atoms with Gasteiger partial charge in [0.15, 0.2) is 0 Å². The maximum Gasteiger partial charge on any atom is 0.0669 e. The van der Waals surface area contributed by atoms with E-state index in [-0.39, 0.29) is 0 Å². The van der Waals surface area contributed by atoms with Gasteiger partial charge < -0.3 is 0 Å². The van der Waals surface area contributed by atoms with E-state index in [1.807, 2.05) is 6.07 Å². The molecule has 0 aliphatic carbocycles. The normalized spacial score (nSPS) is 10.2. The van der Waals surface area contributed by atoms with Crippen molar-refractivity contribution in [1.29, 1.82) is 5.26 Å². The lowest BCUT2D eigenvalue weighted by molar-refractivity contribution is 1.23. The van der Waals surface area contributed by atoms with Crippen LogP contribution in [0.4, 0.5) is 0 Å². The number of hydrogen-bond donors (Lipinski definition) is 0. The van der Waals surface area contributed by atoms with Gasteiger partial charge in [-0.2, -0.15) is 5.26 Å². The van der Waals surface area contributed by atoms with Crippen LogP contribution in [0.5, 0.6) is 0 Å². The van der Waals surface area contributed by atoms with Gasteiger partial charge in [-0.3, -0.25) is 0 Å². The molecule has 0 unspecified atom stereocenters. The maximum atomic E-state index is 8.62. The fourth-order valence-electron chi connectivity index (χ4n) is 1.49.